The van der Waals surface area contributed by atoms with Crippen LogP contribution < -0.4 is 15.9 Å². The fourth-order valence-electron chi connectivity index (χ4n) is 2.45. The van der Waals surface area contributed by atoms with Crippen molar-refractivity contribution in [1.29, 1.82) is 5.26 Å². The van der Waals surface area contributed by atoms with Gasteiger partial charge in [0.1, 0.15) is 17.9 Å². The van der Waals surface area contributed by atoms with Crippen molar-refractivity contribution in [3.8, 4) is 11.8 Å². The van der Waals surface area contributed by atoms with Gasteiger partial charge >= 0.3 is 0 Å². The van der Waals surface area contributed by atoms with Gasteiger partial charge in [-0.3, -0.25) is 4.79 Å². The molecule has 0 saturated heterocycles. The van der Waals surface area contributed by atoms with Crippen molar-refractivity contribution in [2.24, 2.45) is 5.92 Å². The summed E-state index contributed by atoms with van der Waals surface area (Å²) in [7, 11) is 0. The summed E-state index contributed by atoms with van der Waals surface area (Å²) in [5, 5.41) is 20.2. The molecule has 0 aliphatic rings. The van der Waals surface area contributed by atoms with Crippen LogP contribution in [-0.2, 0) is 11.4 Å². The number of thioether (sulfide) groups is 1. The highest BCUT2D eigenvalue weighted by atomic mass is 32.2. The van der Waals surface area contributed by atoms with Gasteiger partial charge in [0.25, 0.3) is 0 Å². The molecule has 30 heavy (non-hydrogen) atoms. The monoisotopic (exact) mass is 430 g/mol. The van der Waals surface area contributed by atoms with Crippen LogP contribution in [0.4, 0.5) is 0 Å². The molecule has 1 aromatic heterocycles. The average Bonchev–Trinajstić information content (AvgIpc) is 3.05. The second-order valence-electron chi connectivity index (χ2n) is 8.00. The lowest BCUT2D eigenvalue weighted by Crippen LogP contribution is -2.51. The first-order valence-electron chi connectivity index (χ1n) is 9.89. The van der Waals surface area contributed by atoms with Crippen molar-refractivity contribution in [1.82, 2.24) is 20.2 Å². The number of carbonyl (C=O) groups excluding carboxylic acids is 1. The van der Waals surface area contributed by atoms with E-state index in [4.69, 9.17) is 10.6 Å². The summed E-state index contributed by atoms with van der Waals surface area (Å²) in [5.41, 5.74) is 0.298. The summed E-state index contributed by atoms with van der Waals surface area (Å²) >= 11 is 1.18. The number of aromatic nitrogens is 3. The van der Waals surface area contributed by atoms with Crippen LogP contribution in [0.2, 0.25) is 0 Å². The van der Waals surface area contributed by atoms with Crippen molar-refractivity contribution in [3.05, 3.63) is 35.7 Å². The van der Waals surface area contributed by atoms with Crippen LogP contribution in [0.3, 0.4) is 0 Å². The molecule has 1 aromatic carbocycles. The molecule has 1 amide bonds. The summed E-state index contributed by atoms with van der Waals surface area (Å²) in [6.07, 6.45) is 0. The van der Waals surface area contributed by atoms with Crippen LogP contribution >= 0.6 is 11.8 Å². The van der Waals surface area contributed by atoms with E-state index in [1.165, 1.54) is 22.0 Å². The molecule has 2 aromatic rings. The van der Waals surface area contributed by atoms with Crippen molar-refractivity contribution in [3.63, 3.8) is 0 Å². The zero-order valence-corrected chi connectivity index (χ0v) is 19.2. The van der Waals surface area contributed by atoms with E-state index in [1.807, 2.05) is 38.1 Å². The van der Waals surface area contributed by atoms with Crippen molar-refractivity contribution in [2.45, 2.75) is 70.0 Å². The molecule has 9 heteroatoms. The fraction of sp³-hybridized carbons (Fsp3) is 0.524. The van der Waals surface area contributed by atoms with Gasteiger partial charge in [0, 0.05) is 0 Å². The zero-order chi connectivity index (χ0) is 22.5. The Hall–Kier alpha value is -2.73. The van der Waals surface area contributed by atoms with Crippen molar-refractivity contribution >= 4 is 17.7 Å². The maximum absolute atomic E-state index is 12.5. The largest absolute Gasteiger partial charge is 0.486 e. The number of ether oxygens (including phenoxy) is 1. The van der Waals surface area contributed by atoms with Crippen LogP contribution in [0.1, 0.15) is 58.8 Å². The molecule has 3 N–H and O–H groups in total. The average molecular weight is 431 g/mol. The highest BCUT2D eigenvalue weighted by molar-refractivity contribution is 8.00. The quantitative estimate of drug-likeness (QED) is 0.463. The number of hydrogen-bond donors (Lipinski definition) is 2. The second-order valence-corrected chi connectivity index (χ2v) is 9.31. The molecule has 0 radical (unpaired) electrons. The predicted molar refractivity (Wildman–Crippen MR) is 117 cm³/mol. The SMILES string of the molecule is CC(C)c1ccc(OCc2nnc(S[C@@H](C)C(=O)N[C@@](C)(C#N)C(C)C)n2N)cc1. The van der Waals surface area contributed by atoms with E-state index in [1.54, 1.807) is 13.8 Å². The van der Waals surface area contributed by atoms with Crippen molar-refractivity contribution < 1.29 is 9.53 Å². The Morgan fingerprint density at radius 3 is 2.43 bits per heavy atom. The van der Waals surface area contributed by atoms with Crippen LogP contribution in [0.15, 0.2) is 29.4 Å². The topological polar surface area (TPSA) is 119 Å². The highest BCUT2D eigenvalue weighted by Crippen LogP contribution is 2.24. The van der Waals surface area contributed by atoms with E-state index in [9.17, 15) is 10.1 Å². The molecule has 0 saturated carbocycles. The Kier molecular flexibility index (Phi) is 7.73. The Morgan fingerprint density at radius 1 is 1.27 bits per heavy atom. The first-order chi connectivity index (χ1) is 14.1. The molecule has 1 heterocycles. The Bertz CT molecular complexity index is 903. The minimum atomic E-state index is -0.938. The van der Waals surface area contributed by atoms with Gasteiger partial charge in [0.05, 0.1) is 11.3 Å². The normalized spacial score (nSPS) is 14.2. The lowest BCUT2D eigenvalue weighted by Gasteiger charge is -2.28. The number of nitrogens with one attached hydrogen (secondary N) is 1. The number of hydrogen-bond acceptors (Lipinski definition) is 7. The van der Waals surface area contributed by atoms with Gasteiger partial charge in [0.15, 0.2) is 5.82 Å². The van der Waals surface area contributed by atoms with E-state index in [0.29, 0.717) is 22.6 Å². The predicted octanol–water partition coefficient (Wildman–Crippen LogP) is 3.23. The molecular formula is C21H30N6O2S. The maximum atomic E-state index is 12.5. The summed E-state index contributed by atoms with van der Waals surface area (Å²) in [6, 6.07) is 10.1. The van der Waals surface area contributed by atoms with Crippen LogP contribution in [0, 0.1) is 17.2 Å². The Balaban J connectivity index is 1.97. The standard InChI is InChI=1S/C21H30N6O2S/c1-13(2)16-7-9-17(10-8-16)29-11-18-25-26-20(27(18)23)30-15(5)19(28)24-21(6,12-22)14(3)4/h7-10,13-15H,11,23H2,1-6H3,(H,24,28)/t15-,21-/m0/s1. The van der Waals surface area contributed by atoms with Crippen molar-refractivity contribution in [2.75, 3.05) is 5.84 Å². The van der Waals surface area contributed by atoms with Crippen LogP contribution in [-0.4, -0.2) is 31.6 Å². The summed E-state index contributed by atoms with van der Waals surface area (Å²) < 4.78 is 7.07. The van der Waals surface area contributed by atoms with Gasteiger partial charge in [-0.1, -0.05) is 51.6 Å². The summed E-state index contributed by atoms with van der Waals surface area (Å²) in [6.45, 7) is 11.7. The van der Waals surface area contributed by atoms with Gasteiger partial charge in [-0.25, -0.2) is 4.68 Å². The van der Waals surface area contributed by atoms with Crippen LogP contribution in [0.5, 0.6) is 5.75 Å². The molecule has 0 aliphatic heterocycles. The van der Waals surface area contributed by atoms with E-state index in [-0.39, 0.29) is 18.4 Å². The number of nitrogen functional groups attached to an aromatic ring is 1. The molecule has 2 atom stereocenters. The number of nitriles is 1. The molecule has 2 rings (SSSR count). The molecule has 0 spiro atoms. The Labute approximate surface area is 182 Å². The van der Waals surface area contributed by atoms with E-state index in [2.05, 4.69) is 35.4 Å². The van der Waals surface area contributed by atoms with E-state index >= 15 is 0 Å². The van der Waals surface area contributed by atoms with E-state index in [0.717, 1.165) is 0 Å². The smallest absolute Gasteiger partial charge is 0.234 e. The van der Waals surface area contributed by atoms with Gasteiger partial charge < -0.3 is 15.9 Å². The minimum absolute atomic E-state index is 0.0276. The molecular weight excluding hydrogens is 400 g/mol. The van der Waals surface area contributed by atoms with Crippen LogP contribution in [0.25, 0.3) is 0 Å². The summed E-state index contributed by atoms with van der Waals surface area (Å²) in [4.78, 5) is 12.5. The highest BCUT2D eigenvalue weighted by Gasteiger charge is 2.32. The third-order valence-corrected chi connectivity index (χ3v) is 6.13. The molecule has 0 aliphatic carbocycles. The second kappa shape index (κ2) is 9.85. The van der Waals surface area contributed by atoms with Gasteiger partial charge in [-0.05, 0) is 43.4 Å². The first-order valence-corrected chi connectivity index (χ1v) is 10.8. The minimum Gasteiger partial charge on any atom is -0.486 e. The molecule has 0 bridgehead atoms. The molecule has 162 valence electrons. The molecule has 0 fully saturated rings. The molecule has 8 nitrogen and oxygen atoms in total. The maximum Gasteiger partial charge on any atom is 0.234 e. The fourth-order valence-corrected chi connectivity index (χ4v) is 3.24. The number of nitrogens with zero attached hydrogens (tertiary/aromatic N) is 4. The number of nitrogens with two attached hydrogens (primary N) is 1. The zero-order valence-electron chi connectivity index (χ0n) is 18.3. The van der Waals surface area contributed by atoms with Gasteiger partial charge in [0.2, 0.25) is 11.1 Å². The molecule has 0 unspecified atom stereocenters. The third-order valence-electron chi connectivity index (χ3n) is 5.07. The number of amides is 1. The lowest BCUT2D eigenvalue weighted by molar-refractivity contribution is -0.121. The first kappa shape index (κ1) is 23.5. The lowest BCUT2D eigenvalue weighted by atomic mass is 9.90. The third kappa shape index (κ3) is 5.66. The Morgan fingerprint density at radius 2 is 1.90 bits per heavy atom. The van der Waals surface area contributed by atoms with E-state index < -0.39 is 10.8 Å². The van der Waals surface area contributed by atoms with Gasteiger partial charge in [-0.15, -0.1) is 10.2 Å². The number of carbonyl (C=O) groups is 1. The summed E-state index contributed by atoms with van der Waals surface area (Å²) in [5.74, 6) is 7.42. The number of benzene rings is 1. The number of rotatable bonds is 9. The van der Waals surface area contributed by atoms with Gasteiger partial charge in [-0.2, -0.15) is 5.26 Å².